The normalized spacial score (nSPS) is 11.0. The Balaban J connectivity index is 1.27. The molecule has 1 amide bonds. The van der Waals surface area contributed by atoms with Crippen molar-refractivity contribution >= 4 is 62.5 Å². The Bertz CT molecular complexity index is 2020. The van der Waals surface area contributed by atoms with Gasteiger partial charge in [0.2, 0.25) is 5.91 Å². The number of nitrogens with zero attached hydrogens (tertiary/aromatic N) is 4. The lowest BCUT2D eigenvalue weighted by molar-refractivity contribution is -0.113. The Kier molecular flexibility index (Phi) is 9.06. The van der Waals surface area contributed by atoms with Crippen LogP contribution in [-0.2, 0) is 16.1 Å². The van der Waals surface area contributed by atoms with E-state index in [9.17, 15) is 9.59 Å². The highest BCUT2D eigenvalue weighted by Crippen LogP contribution is 2.37. The molecule has 0 radical (unpaired) electrons. The number of halogens is 1. The van der Waals surface area contributed by atoms with Gasteiger partial charge in [-0.1, -0.05) is 90.1 Å². The van der Waals surface area contributed by atoms with Crippen molar-refractivity contribution in [2.45, 2.75) is 11.7 Å². The first-order valence-corrected chi connectivity index (χ1v) is 16.1. The first-order valence-electron chi connectivity index (χ1n) is 13.8. The SMILES string of the molecule is C=CCn1c(SCC(=O)Nc2scc(-c3ccc(Cl)cc3)c2C(=O)OC)nnc1-c1cc(-c2ccccc2)nc2ccccc12. The van der Waals surface area contributed by atoms with Crippen molar-refractivity contribution < 1.29 is 14.3 Å². The summed E-state index contributed by atoms with van der Waals surface area (Å²) in [4.78, 5) is 30.8. The standard InChI is InChI=1S/C34H26ClN5O3S2/c1-3-17-40-31(25-18-28(22-9-5-4-6-10-22)36-27-12-8-7-11-24(25)27)38-39-34(40)45-20-29(41)37-32-30(33(42)43-2)26(19-44-32)21-13-15-23(35)16-14-21/h3-16,18-19H,1,17,20H2,2H3,(H,37,41). The van der Waals surface area contributed by atoms with Crippen LogP contribution >= 0.6 is 34.7 Å². The summed E-state index contributed by atoms with van der Waals surface area (Å²) in [6.07, 6.45) is 1.77. The fraction of sp³-hybridized carbons (Fsp3) is 0.0882. The first kappa shape index (κ1) is 30.3. The number of nitrogens with one attached hydrogen (secondary N) is 1. The van der Waals surface area contributed by atoms with Crippen molar-refractivity contribution in [1.82, 2.24) is 19.7 Å². The molecule has 0 unspecified atom stereocenters. The maximum Gasteiger partial charge on any atom is 0.341 e. The number of rotatable bonds is 10. The van der Waals surface area contributed by atoms with Gasteiger partial charge in [-0.15, -0.1) is 28.1 Å². The number of thiophene rings is 1. The molecule has 11 heteroatoms. The van der Waals surface area contributed by atoms with E-state index in [1.165, 1.54) is 30.2 Å². The Labute approximate surface area is 272 Å². The van der Waals surface area contributed by atoms with E-state index in [0.29, 0.717) is 38.7 Å². The number of pyridine rings is 1. The lowest BCUT2D eigenvalue weighted by Gasteiger charge is -2.12. The highest BCUT2D eigenvalue weighted by atomic mass is 35.5. The Hall–Kier alpha value is -4.77. The molecule has 0 bridgehead atoms. The largest absolute Gasteiger partial charge is 0.465 e. The summed E-state index contributed by atoms with van der Waals surface area (Å²) >= 11 is 8.55. The number of anilines is 1. The molecule has 0 saturated heterocycles. The number of hydrogen-bond donors (Lipinski definition) is 1. The average molecular weight is 652 g/mol. The number of para-hydroxylation sites is 1. The van der Waals surface area contributed by atoms with Crippen LogP contribution in [0.3, 0.4) is 0 Å². The van der Waals surface area contributed by atoms with Gasteiger partial charge in [-0.2, -0.15) is 0 Å². The van der Waals surface area contributed by atoms with Gasteiger partial charge in [0.1, 0.15) is 10.6 Å². The molecule has 3 aromatic heterocycles. The molecule has 0 saturated carbocycles. The molecule has 0 fully saturated rings. The molecule has 8 nitrogen and oxygen atoms in total. The molecule has 6 rings (SSSR count). The van der Waals surface area contributed by atoms with Crippen LogP contribution < -0.4 is 5.32 Å². The third-order valence-corrected chi connectivity index (χ3v) is 9.09. The number of allylic oxidation sites excluding steroid dienone is 1. The van der Waals surface area contributed by atoms with Gasteiger partial charge in [0.25, 0.3) is 0 Å². The molecule has 3 aromatic carbocycles. The number of fused-ring (bicyclic) bond motifs is 1. The smallest absolute Gasteiger partial charge is 0.341 e. The zero-order valence-electron chi connectivity index (χ0n) is 24.1. The summed E-state index contributed by atoms with van der Waals surface area (Å²) in [5.41, 5.74) is 5.26. The Morgan fingerprint density at radius 3 is 2.51 bits per heavy atom. The van der Waals surface area contributed by atoms with E-state index in [-0.39, 0.29) is 11.7 Å². The molecule has 0 spiro atoms. The molecule has 0 atom stereocenters. The molecular formula is C34H26ClN5O3S2. The van der Waals surface area contributed by atoms with Gasteiger partial charge in [0, 0.05) is 39.0 Å². The van der Waals surface area contributed by atoms with Crippen molar-refractivity contribution in [3.63, 3.8) is 0 Å². The summed E-state index contributed by atoms with van der Waals surface area (Å²) in [6, 6.07) is 27.0. The molecular weight excluding hydrogens is 626 g/mol. The average Bonchev–Trinajstić information content (AvgIpc) is 3.67. The number of amides is 1. The summed E-state index contributed by atoms with van der Waals surface area (Å²) in [5.74, 6) is -0.160. The third-order valence-electron chi connectivity index (χ3n) is 6.98. The molecule has 0 aliphatic rings. The van der Waals surface area contributed by atoms with Gasteiger partial charge in [-0.25, -0.2) is 9.78 Å². The fourth-order valence-electron chi connectivity index (χ4n) is 4.89. The molecule has 0 aliphatic heterocycles. The molecule has 1 N–H and O–H groups in total. The second-order valence-electron chi connectivity index (χ2n) is 9.83. The fourth-order valence-corrected chi connectivity index (χ4v) is 6.74. The van der Waals surface area contributed by atoms with Crippen LogP contribution in [0.25, 0.3) is 44.7 Å². The molecule has 0 aliphatic carbocycles. The minimum absolute atomic E-state index is 0.0381. The zero-order chi connectivity index (χ0) is 31.3. The number of thioether (sulfide) groups is 1. The summed E-state index contributed by atoms with van der Waals surface area (Å²) in [7, 11) is 1.31. The minimum atomic E-state index is -0.543. The Morgan fingerprint density at radius 1 is 1.00 bits per heavy atom. The van der Waals surface area contributed by atoms with Crippen molar-refractivity contribution in [2.75, 3.05) is 18.2 Å². The van der Waals surface area contributed by atoms with Gasteiger partial charge in [0.05, 0.1) is 24.1 Å². The van der Waals surface area contributed by atoms with E-state index < -0.39 is 5.97 Å². The Morgan fingerprint density at radius 2 is 1.76 bits per heavy atom. The number of aromatic nitrogens is 4. The monoisotopic (exact) mass is 651 g/mol. The number of esters is 1. The van der Waals surface area contributed by atoms with Crippen molar-refractivity contribution in [3.05, 3.63) is 114 Å². The van der Waals surface area contributed by atoms with Crippen molar-refractivity contribution in [2.24, 2.45) is 0 Å². The van der Waals surface area contributed by atoms with E-state index in [2.05, 4.69) is 22.1 Å². The van der Waals surface area contributed by atoms with Crippen LogP contribution in [0.1, 0.15) is 10.4 Å². The zero-order valence-corrected chi connectivity index (χ0v) is 26.5. The number of carbonyl (C=O) groups is 2. The third kappa shape index (κ3) is 6.39. The van der Waals surface area contributed by atoms with Crippen LogP contribution in [0.2, 0.25) is 5.02 Å². The molecule has 3 heterocycles. The number of methoxy groups -OCH3 is 1. The predicted molar refractivity (Wildman–Crippen MR) is 182 cm³/mol. The maximum atomic E-state index is 13.2. The van der Waals surface area contributed by atoms with Crippen LogP contribution in [0.4, 0.5) is 5.00 Å². The van der Waals surface area contributed by atoms with E-state index in [1.807, 2.05) is 82.7 Å². The van der Waals surface area contributed by atoms with Crippen LogP contribution in [-0.4, -0.2) is 44.5 Å². The van der Waals surface area contributed by atoms with Gasteiger partial charge >= 0.3 is 5.97 Å². The number of ether oxygens (including phenoxy) is 1. The van der Waals surface area contributed by atoms with E-state index in [1.54, 1.807) is 18.2 Å². The van der Waals surface area contributed by atoms with Gasteiger partial charge < -0.3 is 10.1 Å². The quantitative estimate of drug-likeness (QED) is 0.0905. The summed E-state index contributed by atoms with van der Waals surface area (Å²) < 4.78 is 6.97. The number of benzene rings is 3. The predicted octanol–water partition coefficient (Wildman–Crippen LogP) is 8.25. The summed E-state index contributed by atoms with van der Waals surface area (Å²) in [5, 5.41) is 16.2. The lowest BCUT2D eigenvalue weighted by atomic mass is 10.0. The minimum Gasteiger partial charge on any atom is -0.465 e. The first-order chi connectivity index (χ1) is 22.0. The topological polar surface area (TPSA) is 99.0 Å². The number of carbonyl (C=O) groups excluding carboxylic acids is 2. The lowest BCUT2D eigenvalue weighted by Crippen LogP contribution is -2.16. The van der Waals surface area contributed by atoms with Gasteiger partial charge in [-0.05, 0) is 29.8 Å². The van der Waals surface area contributed by atoms with E-state index >= 15 is 0 Å². The van der Waals surface area contributed by atoms with Crippen LogP contribution in [0, 0.1) is 0 Å². The van der Waals surface area contributed by atoms with E-state index in [4.69, 9.17) is 21.3 Å². The van der Waals surface area contributed by atoms with Crippen molar-refractivity contribution in [3.8, 4) is 33.8 Å². The molecule has 45 heavy (non-hydrogen) atoms. The van der Waals surface area contributed by atoms with Crippen LogP contribution in [0.15, 0.2) is 108 Å². The summed E-state index contributed by atoms with van der Waals surface area (Å²) in [6.45, 7) is 4.37. The van der Waals surface area contributed by atoms with Gasteiger partial charge in [-0.3, -0.25) is 9.36 Å². The van der Waals surface area contributed by atoms with Gasteiger partial charge in [0.15, 0.2) is 11.0 Å². The highest BCUT2D eigenvalue weighted by molar-refractivity contribution is 7.99. The highest BCUT2D eigenvalue weighted by Gasteiger charge is 2.23. The van der Waals surface area contributed by atoms with Crippen LogP contribution in [0.5, 0.6) is 0 Å². The molecule has 6 aromatic rings. The van der Waals surface area contributed by atoms with E-state index in [0.717, 1.165) is 33.3 Å². The molecule has 224 valence electrons. The maximum absolute atomic E-state index is 13.2. The van der Waals surface area contributed by atoms with Crippen molar-refractivity contribution in [1.29, 1.82) is 0 Å². The number of hydrogen-bond acceptors (Lipinski definition) is 8. The second kappa shape index (κ2) is 13.5. The second-order valence-corrected chi connectivity index (χ2v) is 12.1.